The Labute approximate surface area is 110 Å². The molecule has 0 bridgehead atoms. The molecule has 0 aliphatic heterocycles. The highest BCUT2D eigenvalue weighted by Gasteiger charge is 2.09. The van der Waals surface area contributed by atoms with Crippen molar-refractivity contribution in [2.24, 2.45) is 0 Å². The van der Waals surface area contributed by atoms with Gasteiger partial charge in [-0.2, -0.15) is 0 Å². The van der Waals surface area contributed by atoms with Crippen molar-refractivity contribution in [1.29, 1.82) is 0 Å². The van der Waals surface area contributed by atoms with Crippen LogP contribution in [0.4, 0.5) is 0 Å². The van der Waals surface area contributed by atoms with Crippen molar-refractivity contribution in [2.45, 2.75) is 45.6 Å². The summed E-state index contributed by atoms with van der Waals surface area (Å²) in [6.07, 6.45) is 4.41. The molecule has 0 aliphatic carbocycles. The summed E-state index contributed by atoms with van der Waals surface area (Å²) in [6, 6.07) is -0.0231. The molecule has 0 aromatic rings. The summed E-state index contributed by atoms with van der Waals surface area (Å²) in [7, 11) is -2.91. The molecule has 1 unspecified atom stereocenters. The van der Waals surface area contributed by atoms with Crippen molar-refractivity contribution in [3.63, 3.8) is 0 Å². The van der Waals surface area contributed by atoms with E-state index in [4.69, 9.17) is 4.74 Å². The van der Waals surface area contributed by atoms with Crippen LogP contribution in [0.1, 0.15) is 39.5 Å². The van der Waals surface area contributed by atoms with E-state index in [1.165, 1.54) is 6.26 Å². The molecular weight excluding hydrogens is 254 g/mol. The summed E-state index contributed by atoms with van der Waals surface area (Å²) in [5, 5.41) is 3.16. The SMILES string of the molecule is CCOC(=O)CCCCCNC(C)CS(C)(=O)=O. The van der Waals surface area contributed by atoms with E-state index in [0.29, 0.717) is 13.0 Å². The summed E-state index contributed by atoms with van der Waals surface area (Å²) >= 11 is 0. The first-order valence-corrected chi connectivity index (χ1v) is 8.48. The van der Waals surface area contributed by atoms with E-state index in [0.717, 1.165) is 25.8 Å². The number of ether oxygens (including phenoxy) is 1. The minimum absolute atomic E-state index is 0.0231. The van der Waals surface area contributed by atoms with Crippen LogP contribution in [0.3, 0.4) is 0 Å². The van der Waals surface area contributed by atoms with Crippen LogP contribution < -0.4 is 5.32 Å². The van der Waals surface area contributed by atoms with Crippen molar-refractivity contribution in [1.82, 2.24) is 5.32 Å². The fraction of sp³-hybridized carbons (Fsp3) is 0.917. The molecule has 0 radical (unpaired) electrons. The first-order valence-electron chi connectivity index (χ1n) is 6.42. The molecule has 0 aromatic heterocycles. The number of sulfone groups is 1. The highest BCUT2D eigenvalue weighted by Crippen LogP contribution is 2.01. The van der Waals surface area contributed by atoms with E-state index in [1.54, 1.807) is 6.92 Å². The van der Waals surface area contributed by atoms with Crippen LogP contribution in [-0.2, 0) is 19.4 Å². The molecule has 1 N–H and O–H groups in total. The average molecular weight is 279 g/mol. The maximum Gasteiger partial charge on any atom is 0.305 e. The van der Waals surface area contributed by atoms with Crippen LogP contribution in [0.25, 0.3) is 0 Å². The van der Waals surface area contributed by atoms with Crippen LogP contribution in [0, 0.1) is 0 Å². The van der Waals surface area contributed by atoms with E-state index in [2.05, 4.69) is 5.32 Å². The fourth-order valence-electron chi connectivity index (χ4n) is 1.67. The molecule has 0 saturated carbocycles. The summed E-state index contributed by atoms with van der Waals surface area (Å²) in [4.78, 5) is 11.0. The molecule has 1 atom stereocenters. The molecule has 0 amide bonds. The Balaban J connectivity index is 3.43. The molecule has 6 heteroatoms. The molecule has 108 valence electrons. The summed E-state index contributed by atoms with van der Waals surface area (Å²) in [6.45, 7) is 4.87. The van der Waals surface area contributed by atoms with E-state index in [1.807, 2.05) is 6.92 Å². The zero-order valence-electron chi connectivity index (χ0n) is 11.6. The molecule has 0 rings (SSSR count). The molecule has 18 heavy (non-hydrogen) atoms. The van der Waals surface area contributed by atoms with Gasteiger partial charge in [-0.3, -0.25) is 4.79 Å². The monoisotopic (exact) mass is 279 g/mol. The second-order valence-electron chi connectivity index (χ2n) is 4.56. The van der Waals surface area contributed by atoms with Gasteiger partial charge in [-0.25, -0.2) is 8.42 Å². The molecule has 5 nitrogen and oxygen atoms in total. The predicted molar refractivity (Wildman–Crippen MR) is 72.3 cm³/mol. The number of unbranched alkanes of at least 4 members (excludes halogenated alkanes) is 2. The minimum atomic E-state index is -2.91. The fourth-order valence-corrected chi connectivity index (χ4v) is 2.69. The van der Waals surface area contributed by atoms with E-state index in [9.17, 15) is 13.2 Å². The van der Waals surface area contributed by atoms with Gasteiger partial charge in [0.1, 0.15) is 9.84 Å². The number of esters is 1. The van der Waals surface area contributed by atoms with Gasteiger partial charge in [0, 0.05) is 18.7 Å². The second kappa shape index (κ2) is 9.33. The summed E-state index contributed by atoms with van der Waals surface area (Å²) in [5.74, 6) is 0.0198. The standard InChI is InChI=1S/C12H25NO4S/c1-4-17-12(14)8-6-5-7-9-13-11(2)10-18(3,15)16/h11,13H,4-10H2,1-3H3. The molecule has 0 aliphatic rings. The van der Waals surface area contributed by atoms with E-state index in [-0.39, 0.29) is 17.8 Å². The first-order chi connectivity index (χ1) is 8.35. The zero-order chi connectivity index (χ0) is 14.0. The average Bonchev–Trinajstić information content (AvgIpc) is 2.21. The lowest BCUT2D eigenvalue weighted by atomic mass is 10.2. The second-order valence-corrected chi connectivity index (χ2v) is 6.75. The van der Waals surface area contributed by atoms with Crippen LogP contribution in [-0.4, -0.2) is 45.6 Å². The normalized spacial score (nSPS) is 13.3. The van der Waals surface area contributed by atoms with Crippen LogP contribution in [0.5, 0.6) is 0 Å². The number of rotatable bonds is 10. The van der Waals surface area contributed by atoms with Crippen molar-refractivity contribution in [3.05, 3.63) is 0 Å². The molecule has 0 saturated heterocycles. The topological polar surface area (TPSA) is 72.5 Å². The number of carbonyl (C=O) groups excluding carboxylic acids is 1. The lowest BCUT2D eigenvalue weighted by Gasteiger charge is -2.12. The van der Waals surface area contributed by atoms with Crippen molar-refractivity contribution in [2.75, 3.05) is 25.2 Å². The molecule has 0 spiro atoms. The highest BCUT2D eigenvalue weighted by molar-refractivity contribution is 7.90. The van der Waals surface area contributed by atoms with Gasteiger partial charge in [0.15, 0.2) is 0 Å². The van der Waals surface area contributed by atoms with Crippen LogP contribution in [0.15, 0.2) is 0 Å². The minimum Gasteiger partial charge on any atom is -0.466 e. The van der Waals surface area contributed by atoms with Crippen molar-refractivity contribution in [3.8, 4) is 0 Å². The third-order valence-electron chi connectivity index (χ3n) is 2.41. The highest BCUT2D eigenvalue weighted by atomic mass is 32.2. The maximum atomic E-state index is 11.0. The van der Waals surface area contributed by atoms with Gasteiger partial charge in [0.25, 0.3) is 0 Å². The Morgan fingerprint density at radius 2 is 1.94 bits per heavy atom. The lowest BCUT2D eigenvalue weighted by Crippen LogP contribution is -2.33. The maximum absolute atomic E-state index is 11.0. The summed E-state index contributed by atoms with van der Waals surface area (Å²) < 4.78 is 26.9. The Hall–Kier alpha value is -0.620. The van der Waals surface area contributed by atoms with Crippen LogP contribution in [0.2, 0.25) is 0 Å². The zero-order valence-corrected chi connectivity index (χ0v) is 12.4. The van der Waals surface area contributed by atoms with Gasteiger partial charge in [-0.1, -0.05) is 6.42 Å². The first kappa shape index (κ1) is 17.4. The van der Waals surface area contributed by atoms with Gasteiger partial charge in [0.2, 0.25) is 0 Å². The number of hydrogen-bond acceptors (Lipinski definition) is 5. The molecule has 0 aromatic carbocycles. The third-order valence-corrected chi connectivity index (χ3v) is 3.51. The largest absolute Gasteiger partial charge is 0.466 e. The van der Waals surface area contributed by atoms with Gasteiger partial charge in [0.05, 0.1) is 12.4 Å². The van der Waals surface area contributed by atoms with Gasteiger partial charge >= 0.3 is 5.97 Å². The lowest BCUT2D eigenvalue weighted by molar-refractivity contribution is -0.143. The molecule has 0 heterocycles. The Morgan fingerprint density at radius 3 is 2.50 bits per heavy atom. The molecular formula is C12H25NO4S. The smallest absolute Gasteiger partial charge is 0.305 e. The van der Waals surface area contributed by atoms with Crippen molar-refractivity contribution >= 4 is 15.8 Å². The number of nitrogens with one attached hydrogen (secondary N) is 1. The number of carbonyl (C=O) groups is 1. The number of hydrogen-bond donors (Lipinski definition) is 1. The predicted octanol–water partition coefficient (Wildman–Crippen LogP) is 1.13. The Morgan fingerprint density at radius 1 is 1.28 bits per heavy atom. The van der Waals surface area contributed by atoms with E-state index >= 15 is 0 Å². The summed E-state index contributed by atoms with van der Waals surface area (Å²) in [5.41, 5.74) is 0. The van der Waals surface area contributed by atoms with Gasteiger partial charge in [-0.05, 0) is 33.2 Å². The quantitative estimate of drug-likeness (QED) is 0.479. The van der Waals surface area contributed by atoms with Gasteiger partial charge in [-0.15, -0.1) is 0 Å². The Bertz CT molecular complexity index is 327. The van der Waals surface area contributed by atoms with Crippen LogP contribution >= 0.6 is 0 Å². The van der Waals surface area contributed by atoms with Crippen molar-refractivity contribution < 1.29 is 17.9 Å². The third kappa shape index (κ3) is 11.9. The van der Waals surface area contributed by atoms with Gasteiger partial charge < -0.3 is 10.1 Å². The molecule has 0 fully saturated rings. The Kier molecular flexibility index (Phi) is 9.01. The van der Waals surface area contributed by atoms with E-state index < -0.39 is 9.84 Å².